The maximum Gasteiger partial charge on any atom is 0.115 e. The number of ether oxygens (including phenoxy) is 1. The SMILES string of the molecule is CC(C)CC1(F)CCOCC1. The van der Waals surface area contributed by atoms with E-state index in [1.54, 1.807) is 0 Å². The number of alkyl halides is 1. The van der Waals surface area contributed by atoms with Crippen molar-refractivity contribution in [2.75, 3.05) is 13.2 Å². The molecule has 1 fully saturated rings. The Hall–Kier alpha value is -0.110. The quantitative estimate of drug-likeness (QED) is 0.603. The summed E-state index contributed by atoms with van der Waals surface area (Å²) in [7, 11) is 0. The van der Waals surface area contributed by atoms with Crippen LogP contribution >= 0.6 is 0 Å². The molecule has 1 saturated heterocycles. The Morgan fingerprint density at radius 1 is 1.36 bits per heavy atom. The van der Waals surface area contributed by atoms with Gasteiger partial charge in [-0.25, -0.2) is 4.39 Å². The van der Waals surface area contributed by atoms with Gasteiger partial charge in [-0.15, -0.1) is 0 Å². The molecule has 0 aliphatic carbocycles. The van der Waals surface area contributed by atoms with Crippen LogP contribution in [0.25, 0.3) is 0 Å². The van der Waals surface area contributed by atoms with Crippen LogP contribution in [0.4, 0.5) is 4.39 Å². The van der Waals surface area contributed by atoms with Gasteiger partial charge in [0.15, 0.2) is 0 Å². The van der Waals surface area contributed by atoms with Gasteiger partial charge in [-0.2, -0.15) is 0 Å². The Labute approximate surface area is 67.9 Å². The minimum atomic E-state index is -0.924. The molecular formula is C9H17FO. The van der Waals surface area contributed by atoms with Crippen molar-refractivity contribution in [3.05, 3.63) is 0 Å². The highest BCUT2D eigenvalue weighted by Gasteiger charge is 2.32. The molecular weight excluding hydrogens is 143 g/mol. The first-order valence-electron chi connectivity index (χ1n) is 4.39. The fraction of sp³-hybridized carbons (Fsp3) is 1.00. The van der Waals surface area contributed by atoms with Gasteiger partial charge in [-0.05, 0) is 12.3 Å². The normalized spacial score (nSPS) is 24.0. The van der Waals surface area contributed by atoms with Crippen molar-refractivity contribution in [3.63, 3.8) is 0 Å². The Bertz CT molecular complexity index is 117. The van der Waals surface area contributed by atoms with Crippen molar-refractivity contribution in [2.45, 2.75) is 38.8 Å². The van der Waals surface area contributed by atoms with E-state index in [-0.39, 0.29) is 0 Å². The second-order valence-corrected chi connectivity index (χ2v) is 3.86. The van der Waals surface area contributed by atoms with E-state index in [1.807, 2.05) is 0 Å². The zero-order valence-electron chi connectivity index (χ0n) is 7.40. The van der Waals surface area contributed by atoms with Crippen molar-refractivity contribution >= 4 is 0 Å². The topological polar surface area (TPSA) is 9.23 Å². The molecule has 0 radical (unpaired) electrons. The molecule has 0 bridgehead atoms. The van der Waals surface area contributed by atoms with Crippen molar-refractivity contribution in [1.82, 2.24) is 0 Å². The van der Waals surface area contributed by atoms with Crippen LogP contribution in [0.2, 0.25) is 0 Å². The molecule has 1 nitrogen and oxygen atoms in total. The molecule has 0 amide bonds. The second kappa shape index (κ2) is 3.53. The third-order valence-corrected chi connectivity index (χ3v) is 2.16. The van der Waals surface area contributed by atoms with Crippen LogP contribution in [-0.2, 0) is 4.74 Å². The smallest absolute Gasteiger partial charge is 0.115 e. The molecule has 1 rings (SSSR count). The molecule has 0 saturated carbocycles. The number of hydrogen-bond acceptors (Lipinski definition) is 1. The standard InChI is InChI=1S/C9H17FO/c1-8(2)7-9(10)3-5-11-6-4-9/h8H,3-7H2,1-2H3. The van der Waals surface area contributed by atoms with Crippen LogP contribution in [-0.4, -0.2) is 18.9 Å². The molecule has 0 atom stereocenters. The molecule has 1 aliphatic heterocycles. The molecule has 0 unspecified atom stereocenters. The number of halogens is 1. The summed E-state index contributed by atoms with van der Waals surface area (Å²) >= 11 is 0. The lowest BCUT2D eigenvalue weighted by molar-refractivity contribution is -0.0191. The third-order valence-electron chi connectivity index (χ3n) is 2.16. The van der Waals surface area contributed by atoms with E-state index >= 15 is 0 Å². The molecule has 1 aliphatic rings. The average Bonchev–Trinajstić information content (AvgIpc) is 1.85. The first kappa shape index (κ1) is 8.98. The summed E-state index contributed by atoms with van der Waals surface area (Å²) in [5.74, 6) is 0.457. The van der Waals surface area contributed by atoms with Gasteiger partial charge in [0, 0.05) is 26.1 Å². The van der Waals surface area contributed by atoms with Gasteiger partial charge in [-0.1, -0.05) is 13.8 Å². The first-order chi connectivity index (χ1) is 5.12. The predicted molar refractivity (Wildman–Crippen MR) is 43.3 cm³/mol. The molecule has 0 aromatic carbocycles. The predicted octanol–water partition coefficient (Wildman–Crippen LogP) is 2.55. The zero-order chi connectivity index (χ0) is 8.32. The van der Waals surface area contributed by atoms with E-state index in [9.17, 15) is 4.39 Å². The highest BCUT2D eigenvalue weighted by Crippen LogP contribution is 2.31. The molecule has 0 spiro atoms. The van der Waals surface area contributed by atoms with E-state index < -0.39 is 5.67 Å². The molecule has 0 N–H and O–H groups in total. The maximum atomic E-state index is 13.7. The molecule has 1 heterocycles. The van der Waals surface area contributed by atoms with Gasteiger partial charge in [0.05, 0.1) is 0 Å². The van der Waals surface area contributed by atoms with Gasteiger partial charge < -0.3 is 4.74 Å². The van der Waals surface area contributed by atoms with Gasteiger partial charge in [0.2, 0.25) is 0 Å². The second-order valence-electron chi connectivity index (χ2n) is 3.86. The Kier molecular flexibility index (Phi) is 2.88. The van der Waals surface area contributed by atoms with Crippen molar-refractivity contribution in [3.8, 4) is 0 Å². The lowest BCUT2D eigenvalue weighted by Crippen LogP contribution is -2.32. The summed E-state index contributed by atoms with van der Waals surface area (Å²) in [6.07, 6.45) is 1.87. The summed E-state index contributed by atoms with van der Waals surface area (Å²) in [6, 6.07) is 0. The van der Waals surface area contributed by atoms with E-state index in [1.165, 1.54) is 0 Å². The largest absolute Gasteiger partial charge is 0.381 e. The van der Waals surface area contributed by atoms with Crippen LogP contribution in [0.5, 0.6) is 0 Å². The van der Waals surface area contributed by atoms with Gasteiger partial charge in [-0.3, -0.25) is 0 Å². The summed E-state index contributed by atoms with van der Waals surface area (Å²) in [6.45, 7) is 5.33. The van der Waals surface area contributed by atoms with Crippen molar-refractivity contribution < 1.29 is 9.13 Å². The molecule has 2 heteroatoms. The average molecular weight is 160 g/mol. The molecule has 11 heavy (non-hydrogen) atoms. The third kappa shape index (κ3) is 2.78. The highest BCUT2D eigenvalue weighted by molar-refractivity contribution is 4.82. The van der Waals surface area contributed by atoms with Crippen LogP contribution in [0, 0.1) is 5.92 Å². The highest BCUT2D eigenvalue weighted by atomic mass is 19.1. The van der Waals surface area contributed by atoms with Gasteiger partial charge in [0.1, 0.15) is 5.67 Å². The minimum absolute atomic E-state index is 0.457. The van der Waals surface area contributed by atoms with Gasteiger partial charge in [0.25, 0.3) is 0 Å². The summed E-state index contributed by atoms with van der Waals surface area (Å²) < 4.78 is 18.8. The molecule has 66 valence electrons. The van der Waals surface area contributed by atoms with Crippen molar-refractivity contribution in [1.29, 1.82) is 0 Å². The monoisotopic (exact) mass is 160 g/mol. The fourth-order valence-electron chi connectivity index (χ4n) is 1.67. The lowest BCUT2D eigenvalue weighted by Gasteiger charge is -2.30. The maximum absolute atomic E-state index is 13.7. The van der Waals surface area contributed by atoms with Crippen LogP contribution < -0.4 is 0 Å². The van der Waals surface area contributed by atoms with E-state index in [2.05, 4.69) is 13.8 Å². The van der Waals surface area contributed by atoms with Crippen molar-refractivity contribution in [2.24, 2.45) is 5.92 Å². The zero-order valence-corrected chi connectivity index (χ0v) is 7.40. The Balaban J connectivity index is 2.37. The van der Waals surface area contributed by atoms with Crippen LogP contribution in [0.15, 0.2) is 0 Å². The van der Waals surface area contributed by atoms with Crippen LogP contribution in [0.3, 0.4) is 0 Å². The number of rotatable bonds is 2. The van der Waals surface area contributed by atoms with E-state index in [0.717, 1.165) is 0 Å². The lowest BCUT2D eigenvalue weighted by atomic mass is 9.87. The van der Waals surface area contributed by atoms with E-state index in [0.29, 0.717) is 38.4 Å². The first-order valence-corrected chi connectivity index (χ1v) is 4.39. The van der Waals surface area contributed by atoms with E-state index in [4.69, 9.17) is 4.74 Å². The summed E-state index contributed by atoms with van der Waals surface area (Å²) in [5, 5.41) is 0. The molecule has 0 aromatic rings. The number of hydrogen-bond donors (Lipinski definition) is 0. The Morgan fingerprint density at radius 3 is 2.36 bits per heavy atom. The summed E-state index contributed by atoms with van der Waals surface area (Å²) in [4.78, 5) is 0. The molecule has 0 aromatic heterocycles. The van der Waals surface area contributed by atoms with Crippen LogP contribution in [0.1, 0.15) is 33.1 Å². The summed E-state index contributed by atoms with van der Waals surface area (Å²) in [5.41, 5.74) is -0.924. The minimum Gasteiger partial charge on any atom is -0.381 e. The van der Waals surface area contributed by atoms with Gasteiger partial charge >= 0.3 is 0 Å². The fourth-order valence-corrected chi connectivity index (χ4v) is 1.67. The Morgan fingerprint density at radius 2 is 1.91 bits per heavy atom.